The molecule has 1 heterocycles. The van der Waals surface area contributed by atoms with E-state index in [-0.39, 0.29) is 6.42 Å². The summed E-state index contributed by atoms with van der Waals surface area (Å²) in [6.07, 6.45) is 14.5. The highest BCUT2D eigenvalue weighted by Crippen LogP contribution is 2.33. The normalized spacial score (nSPS) is 25.3. The maximum atomic E-state index is 11.6. The molecule has 0 aliphatic carbocycles. The molecule has 0 spiro atoms. The van der Waals surface area contributed by atoms with Crippen LogP contribution < -0.4 is 5.32 Å². The molecule has 1 amide bonds. The molecule has 1 fully saturated rings. The summed E-state index contributed by atoms with van der Waals surface area (Å²) in [5.74, 6) is -2.01. The molecule has 38 heavy (non-hydrogen) atoms. The molecular weight excluding hydrogens is 490 g/mol. The first-order chi connectivity index (χ1) is 18.3. The molecule has 0 radical (unpaired) electrons. The van der Waals surface area contributed by atoms with Crippen LogP contribution in [0.4, 0.5) is 0 Å². The van der Waals surface area contributed by atoms with Gasteiger partial charge in [-0.1, -0.05) is 103 Å². The lowest BCUT2D eigenvalue weighted by molar-refractivity contribution is -0.330. The molecule has 0 unspecified atom stereocenters. The number of amides is 1. The maximum absolute atomic E-state index is 11.6. The number of hydrogen-bond acceptors (Lipinski definition) is 8. The van der Waals surface area contributed by atoms with Gasteiger partial charge in [-0.05, 0) is 6.42 Å². The minimum absolute atomic E-state index is 0.105. The number of carbonyl (C=O) groups excluding carboxylic acids is 1. The Bertz CT molecular complexity index is 595. The predicted octanol–water partition coefficient (Wildman–Crippen LogP) is 3.32. The van der Waals surface area contributed by atoms with E-state index in [1.165, 1.54) is 90.4 Å². The Labute approximate surface area is 230 Å². The fourth-order valence-corrected chi connectivity index (χ4v) is 5.20. The van der Waals surface area contributed by atoms with Crippen molar-refractivity contribution in [3.8, 4) is 0 Å². The van der Waals surface area contributed by atoms with Crippen molar-refractivity contribution in [3.63, 3.8) is 0 Å². The van der Waals surface area contributed by atoms with Crippen LogP contribution in [0.15, 0.2) is 0 Å². The van der Waals surface area contributed by atoms with E-state index in [0.717, 1.165) is 19.3 Å². The first-order valence-corrected chi connectivity index (χ1v) is 15.1. The molecule has 0 aromatic carbocycles. The maximum Gasteiger partial charge on any atom is 0.217 e. The van der Waals surface area contributed by atoms with Crippen molar-refractivity contribution in [2.75, 3.05) is 19.8 Å². The molecule has 9 nitrogen and oxygen atoms in total. The van der Waals surface area contributed by atoms with Gasteiger partial charge in [0.05, 0.1) is 32.0 Å². The molecule has 6 N–H and O–H groups in total. The third-order valence-electron chi connectivity index (χ3n) is 7.53. The Morgan fingerprint density at radius 2 is 1.37 bits per heavy atom. The standard InChI is InChI=1S/C29H57NO8/c1-3-4-5-6-7-8-9-10-11-12-13-14-15-16-17-18-19-37-29(22-32)20-24(34)26(30-23(2)33)28(38-29)27(36)25(35)21-31/h24-28,31-32,34-36H,3-22H2,1-2H3,(H,30,33)/t24-,25+,26+,27+,28+,29+/m0/s1. The monoisotopic (exact) mass is 547 g/mol. The number of carbonyl (C=O) groups is 1. The molecule has 1 aliphatic heterocycles. The van der Waals surface area contributed by atoms with Crippen LogP contribution >= 0.6 is 0 Å². The Hall–Kier alpha value is -0.810. The van der Waals surface area contributed by atoms with Crippen molar-refractivity contribution >= 4 is 5.91 Å². The molecule has 6 atom stereocenters. The zero-order chi connectivity index (χ0) is 28.2. The van der Waals surface area contributed by atoms with Gasteiger partial charge in [-0.25, -0.2) is 0 Å². The third kappa shape index (κ3) is 14.0. The van der Waals surface area contributed by atoms with E-state index < -0.39 is 55.4 Å². The van der Waals surface area contributed by atoms with E-state index in [4.69, 9.17) is 9.47 Å². The molecule has 1 saturated heterocycles. The number of hydrogen-bond donors (Lipinski definition) is 6. The van der Waals surface area contributed by atoms with E-state index in [1.807, 2.05) is 0 Å². The summed E-state index contributed by atoms with van der Waals surface area (Å²) in [5, 5.41) is 52.8. The second kappa shape index (κ2) is 21.0. The van der Waals surface area contributed by atoms with Crippen LogP contribution in [0.5, 0.6) is 0 Å². The summed E-state index contributed by atoms with van der Waals surface area (Å²) in [6, 6.07) is -1.03. The van der Waals surface area contributed by atoms with Gasteiger partial charge < -0.3 is 40.3 Å². The summed E-state index contributed by atoms with van der Waals surface area (Å²) in [5.41, 5.74) is 0. The molecule has 0 aromatic heterocycles. The summed E-state index contributed by atoms with van der Waals surface area (Å²) < 4.78 is 11.7. The number of aliphatic hydroxyl groups is 5. The van der Waals surface area contributed by atoms with E-state index in [2.05, 4.69) is 12.2 Å². The van der Waals surface area contributed by atoms with Gasteiger partial charge in [-0.15, -0.1) is 0 Å². The zero-order valence-electron chi connectivity index (χ0n) is 24.0. The van der Waals surface area contributed by atoms with Crippen LogP contribution in [-0.2, 0) is 14.3 Å². The van der Waals surface area contributed by atoms with Gasteiger partial charge in [-0.3, -0.25) is 4.79 Å². The molecule has 226 valence electrons. The number of nitrogens with one attached hydrogen (secondary N) is 1. The van der Waals surface area contributed by atoms with Gasteiger partial charge in [0.25, 0.3) is 0 Å². The summed E-state index contributed by atoms with van der Waals surface area (Å²) in [6.45, 7) is 2.54. The van der Waals surface area contributed by atoms with E-state index >= 15 is 0 Å². The highest BCUT2D eigenvalue weighted by molar-refractivity contribution is 5.73. The largest absolute Gasteiger partial charge is 0.394 e. The van der Waals surface area contributed by atoms with Crippen molar-refractivity contribution in [1.29, 1.82) is 0 Å². The smallest absolute Gasteiger partial charge is 0.217 e. The molecule has 0 aromatic rings. The fraction of sp³-hybridized carbons (Fsp3) is 0.966. The Balaban J connectivity index is 2.24. The Morgan fingerprint density at radius 1 is 0.895 bits per heavy atom. The first kappa shape index (κ1) is 35.2. The lowest BCUT2D eigenvalue weighted by Gasteiger charge is -2.48. The summed E-state index contributed by atoms with van der Waals surface area (Å²) in [7, 11) is 0. The van der Waals surface area contributed by atoms with Crippen LogP contribution in [0.2, 0.25) is 0 Å². The van der Waals surface area contributed by atoms with Crippen molar-refractivity contribution in [2.45, 2.75) is 159 Å². The molecule has 1 rings (SSSR count). The minimum atomic E-state index is -1.60. The Morgan fingerprint density at radius 3 is 1.79 bits per heavy atom. The Kier molecular flexibility index (Phi) is 19.5. The van der Waals surface area contributed by atoms with Gasteiger partial charge in [0.2, 0.25) is 5.91 Å². The number of aliphatic hydroxyl groups excluding tert-OH is 5. The van der Waals surface area contributed by atoms with E-state index in [0.29, 0.717) is 6.61 Å². The molecule has 9 heteroatoms. The number of unbranched alkanes of at least 4 members (excludes halogenated alkanes) is 15. The van der Waals surface area contributed by atoms with Crippen molar-refractivity contribution < 1.29 is 39.8 Å². The van der Waals surface area contributed by atoms with Crippen LogP contribution in [0, 0.1) is 0 Å². The first-order valence-electron chi connectivity index (χ1n) is 15.1. The van der Waals surface area contributed by atoms with Crippen molar-refractivity contribution in [3.05, 3.63) is 0 Å². The van der Waals surface area contributed by atoms with Crippen LogP contribution in [0.25, 0.3) is 0 Å². The van der Waals surface area contributed by atoms with E-state index in [9.17, 15) is 30.3 Å². The second-order valence-corrected chi connectivity index (χ2v) is 11.0. The highest BCUT2D eigenvalue weighted by Gasteiger charge is 2.51. The molecule has 0 saturated carbocycles. The average molecular weight is 548 g/mol. The summed E-state index contributed by atoms with van der Waals surface area (Å²) in [4.78, 5) is 11.6. The zero-order valence-corrected chi connectivity index (χ0v) is 24.0. The lowest BCUT2D eigenvalue weighted by atomic mass is 9.88. The quantitative estimate of drug-likeness (QED) is 0.107. The van der Waals surface area contributed by atoms with Gasteiger partial charge in [0.15, 0.2) is 5.79 Å². The minimum Gasteiger partial charge on any atom is -0.394 e. The van der Waals surface area contributed by atoms with Gasteiger partial charge in [0, 0.05) is 13.3 Å². The van der Waals surface area contributed by atoms with Gasteiger partial charge in [0.1, 0.15) is 18.3 Å². The predicted molar refractivity (Wildman–Crippen MR) is 148 cm³/mol. The van der Waals surface area contributed by atoms with Crippen molar-refractivity contribution in [1.82, 2.24) is 5.32 Å². The highest BCUT2D eigenvalue weighted by atomic mass is 16.7. The molecular formula is C29H57NO8. The fourth-order valence-electron chi connectivity index (χ4n) is 5.20. The average Bonchev–Trinajstić information content (AvgIpc) is 2.90. The molecule has 1 aliphatic rings. The third-order valence-corrected chi connectivity index (χ3v) is 7.53. The number of rotatable bonds is 23. The SMILES string of the molecule is CCCCCCCCCCCCCCCCCCO[C@]1(CO)C[C@H](O)[C@@H](NC(C)=O)[C@H]([C@H](O)[C@H](O)CO)O1. The van der Waals surface area contributed by atoms with Crippen LogP contribution in [-0.4, -0.2) is 87.5 Å². The molecule has 0 bridgehead atoms. The summed E-state index contributed by atoms with van der Waals surface area (Å²) >= 11 is 0. The van der Waals surface area contributed by atoms with Crippen LogP contribution in [0.1, 0.15) is 123 Å². The topological polar surface area (TPSA) is 149 Å². The van der Waals surface area contributed by atoms with Crippen molar-refractivity contribution in [2.24, 2.45) is 0 Å². The van der Waals surface area contributed by atoms with Gasteiger partial charge >= 0.3 is 0 Å². The van der Waals surface area contributed by atoms with Gasteiger partial charge in [-0.2, -0.15) is 0 Å². The van der Waals surface area contributed by atoms with E-state index in [1.54, 1.807) is 0 Å². The van der Waals surface area contributed by atoms with Crippen LogP contribution in [0.3, 0.4) is 0 Å². The number of ether oxygens (including phenoxy) is 2. The second-order valence-electron chi connectivity index (χ2n) is 11.0. The lowest BCUT2D eigenvalue weighted by Crippen LogP contribution is -2.67.